The van der Waals surface area contributed by atoms with E-state index in [1.54, 1.807) is 39.0 Å². The molecule has 1 N–H and O–H groups in total. The zero-order chi connectivity index (χ0) is 15.9. The summed E-state index contributed by atoms with van der Waals surface area (Å²) in [7, 11) is 1.50. The molecule has 1 aromatic rings. The summed E-state index contributed by atoms with van der Waals surface area (Å²) in [6, 6.07) is 5.03. The normalized spacial score (nSPS) is 10.7. The number of aldehydes is 1. The molecule has 0 radical (unpaired) electrons. The number of alkyl carbamates (subject to hydrolysis) is 1. The molecule has 1 amide bonds. The maximum absolute atomic E-state index is 11.4. The Morgan fingerprint density at radius 3 is 2.62 bits per heavy atom. The second-order valence-corrected chi connectivity index (χ2v) is 5.27. The van der Waals surface area contributed by atoms with Gasteiger partial charge in [0, 0.05) is 0 Å². The zero-order valence-electron chi connectivity index (χ0n) is 12.8. The topological polar surface area (TPSA) is 73.9 Å². The van der Waals surface area contributed by atoms with Crippen LogP contribution in [0.4, 0.5) is 4.79 Å². The molecule has 0 saturated carbocycles. The molecule has 0 aliphatic heterocycles. The van der Waals surface area contributed by atoms with Gasteiger partial charge in [0.05, 0.1) is 19.2 Å². The summed E-state index contributed by atoms with van der Waals surface area (Å²) < 4.78 is 15.7. The fourth-order valence-corrected chi connectivity index (χ4v) is 1.56. The summed E-state index contributed by atoms with van der Waals surface area (Å²) in [6.07, 6.45) is 0.181. The Morgan fingerprint density at radius 1 is 1.33 bits per heavy atom. The van der Waals surface area contributed by atoms with Gasteiger partial charge in [-0.2, -0.15) is 0 Å². The number of ether oxygens (including phenoxy) is 3. The third-order valence-corrected chi connectivity index (χ3v) is 2.37. The first kappa shape index (κ1) is 16.8. The standard InChI is InChI=1S/C15H21NO5/c1-15(2,3)21-14(18)16-8-9-20-13-11(10-17)6-5-7-12(13)19-4/h5-7,10H,8-9H2,1-4H3,(H,16,18). The highest BCUT2D eigenvalue weighted by molar-refractivity contribution is 5.81. The molecule has 0 aliphatic carbocycles. The number of hydrogen-bond donors (Lipinski definition) is 1. The minimum Gasteiger partial charge on any atom is -0.493 e. The number of methoxy groups -OCH3 is 1. The van der Waals surface area contributed by atoms with Crippen LogP contribution in [-0.4, -0.2) is 38.2 Å². The van der Waals surface area contributed by atoms with Gasteiger partial charge in [0.2, 0.25) is 0 Å². The second-order valence-electron chi connectivity index (χ2n) is 5.27. The first-order valence-corrected chi connectivity index (χ1v) is 6.59. The van der Waals surface area contributed by atoms with Gasteiger partial charge >= 0.3 is 6.09 Å². The predicted octanol–water partition coefficient (Wildman–Crippen LogP) is 2.41. The average molecular weight is 295 g/mol. The lowest BCUT2D eigenvalue weighted by molar-refractivity contribution is 0.0519. The summed E-state index contributed by atoms with van der Waals surface area (Å²) >= 11 is 0. The van der Waals surface area contributed by atoms with Gasteiger partial charge < -0.3 is 19.5 Å². The van der Waals surface area contributed by atoms with Gasteiger partial charge in [0.25, 0.3) is 0 Å². The summed E-state index contributed by atoms with van der Waals surface area (Å²) in [5.74, 6) is 0.831. The quantitative estimate of drug-likeness (QED) is 0.644. The lowest BCUT2D eigenvalue weighted by atomic mass is 10.2. The lowest BCUT2D eigenvalue weighted by Gasteiger charge is -2.19. The van der Waals surface area contributed by atoms with E-state index < -0.39 is 11.7 Å². The fraction of sp³-hybridized carbons (Fsp3) is 0.467. The van der Waals surface area contributed by atoms with Crippen molar-refractivity contribution in [3.8, 4) is 11.5 Å². The number of benzene rings is 1. The number of amides is 1. The third-order valence-electron chi connectivity index (χ3n) is 2.37. The Labute approximate surface area is 124 Å². The second kappa shape index (κ2) is 7.52. The fourth-order valence-electron chi connectivity index (χ4n) is 1.56. The van der Waals surface area contributed by atoms with Crippen LogP contribution < -0.4 is 14.8 Å². The van der Waals surface area contributed by atoms with Gasteiger partial charge in [-0.25, -0.2) is 4.79 Å². The monoisotopic (exact) mass is 295 g/mol. The van der Waals surface area contributed by atoms with E-state index in [4.69, 9.17) is 14.2 Å². The molecule has 0 aromatic heterocycles. The summed E-state index contributed by atoms with van der Waals surface area (Å²) in [5, 5.41) is 2.57. The van der Waals surface area contributed by atoms with Crippen LogP contribution in [0.15, 0.2) is 18.2 Å². The van der Waals surface area contributed by atoms with Crippen molar-refractivity contribution in [3.05, 3.63) is 23.8 Å². The molecule has 21 heavy (non-hydrogen) atoms. The Bertz CT molecular complexity index is 493. The van der Waals surface area contributed by atoms with Crippen LogP contribution >= 0.6 is 0 Å². The third kappa shape index (κ3) is 5.72. The van der Waals surface area contributed by atoms with Crippen molar-refractivity contribution in [2.24, 2.45) is 0 Å². The molecule has 6 heteroatoms. The van der Waals surface area contributed by atoms with Gasteiger partial charge in [-0.15, -0.1) is 0 Å². The first-order chi connectivity index (χ1) is 9.87. The first-order valence-electron chi connectivity index (χ1n) is 6.59. The summed E-state index contributed by atoms with van der Waals surface area (Å²) in [5.41, 5.74) is -0.148. The largest absolute Gasteiger partial charge is 0.493 e. The Morgan fingerprint density at radius 2 is 2.05 bits per heavy atom. The molecule has 0 atom stereocenters. The van der Waals surface area contributed by atoms with E-state index in [0.717, 1.165) is 0 Å². The highest BCUT2D eigenvalue weighted by atomic mass is 16.6. The highest BCUT2D eigenvalue weighted by Gasteiger charge is 2.15. The molecule has 0 heterocycles. The van der Waals surface area contributed by atoms with Crippen LogP contribution in [0, 0.1) is 0 Å². The average Bonchev–Trinajstić information content (AvgIpc) is 2.41. The van der Waals surface area contributed by atoms with Crippen molar-refractivity contribution in [2.45, 2.75) is 26.4 Å². The molecule has 6 nitrogen and oxygen atoms in total. The van der Waals surface area contributed by atoms with Crippen molar-refractivity contribution in [1.82, 2.24) is 5.32 Å². The molecule has 116 valence electrons. The van der Waals surface area contributed by atoms with Crippen molar-refractivity contribution >= 4 is 12.4 Å². The number of para-hydroxylation sites is 1. The molecule has 0 saturated heterocycles. The predicted molar refractivity (Wildman–Crippen MR) is 78.1 cm³/mol. The van der Waals surface area contributed by atoms with Crippen molar-refractivity contribution in [1.29, 1.82) is 0 Å². The van der Waals surface area contributed by atoms with Crippen molar-refractivity contribution in [3.63, 3.8) is 0 Å². The number of carbonyl (C=O) groups is 2. The van der Waals surface area contributed by atoms with E-state index in [9.17, 15) is 9.59 Å². The van der Waals surface area contributed by atoms with Gasteiger partial charge in [-0.3, -0.25) is 4.79 Å². The molecule has 0 spiro atoms. The van der Waals surface area contributed by atoms with Crippen LogP contribution in [0.2, 0.25) is 0 Å². The van der Waals surface area contributed by atoms with Crippen molar-refractivity contribution < 1.29 is 23.8 Å². The van der Waals surface area contributed by atoms with E-state index in [0.29, 0.717) is 23.3 Å². The maximum atomic E-state index is 11.4. The minimum absolute atomic E-state index is 0.195. The summed E-state index contributed by atoms with van der Waals surface area (Å²) in [4.78, 5) is 22.4. The lowest BCUT2D eigenvalue weighted by Crippen LogP contribution is -2.34. The molecule has 1 aromatic carbocycles. The van der Waals surface area contributed by atoms with Crippen LogP contribution in [0.5, 0.6) is 11.5 Å². The highest BCUT2D eigenvalue weighted by Crippen LogP contribution is 2.29. The van der Waals surface area contributed by atoms with Gasteiger partial charge in [0.15, 0.2) is 17.8 Å². The van der Waals surface area contributed by atoms with Crippen molar-refractivity contribution in [2.75, 3.05) is 20.3 Å². The van der Waals surface area contributed by atoms with E-state index in [1.165, 1.54) is 7.11 Å². The maximum Gasteiger partial charge on any atom is 0.407 e. The van der Waals surface area contributed by atoms with E-state index >= 15 is 0 Å². The van der Waals surface area contributed by atoms with Crippen LogP contribution in [0.25, 0.3) is 0 Å². The molecule has 0 unspecified atom stereocenters. The van der Waals surface area contributed by atoms with E-state index in [-0.39, 0.29) is 13.2 Å². The SMILES string of the molecule is COc1cccc(C=O)c1OCCNC(=O)OC(C)(C)C. The van der Waals surface area contributed by atoms with Crippen LogP contribution in [0.1, 0.15) is 31.1 Å². The van der Waals surface area contributed by atoms with Crippen LogP contribution in [0.3, 0.4) is 0 Å². The summed E-state index contributed by atoms with van der Waals surface area (Å²) in [6.45, 7) is 5.81. The van der Waals surface area contributed by atoms with Gasteiger partial charge in [-0.1, -0.05) is 6.07 Å². The van der Waals surface area contributed by atoms with E-state index in [2.05, 4.69) is 5.32 Å². The van der Waals surface area contributed by atoms with Crippen LogP contribution in [-0.2, 0) is 4.74 Å². The Kier molecular flexibility index (Phi) is 6.02. The smallest absolute Gasteiger partial charge is 0.407 e. The molecular formula is C15H21NO5. The molecule has 0 aliphatic rings. The Hall–Kier alpha value is -2.24. The molecule has 0 fully saturated rings. The minimum atomic E-state index is -0.543. The molecular weight excluding hydrogens is 274 g/mol. The molecule has 0 bridgehead atoms. The number of carbonyl (C=O) groups excluding carboxylic acids is 2. The van der Waals surface area contributed by atoms with Gasteiger partial charge in [-0.05, 0) is 32.9 Å². The number of nitrogens with one attached hydrogen (secondary N) is 1. The van der Waals surface area contributed by atoms with E-state index in [1.807, 2.05) is 0 Å². The zero-order valence-corrected chi connectivity index (χ0v) is 12.8. The Balaban J connectivity index is 2.50. The number of rotatable bonds is 6. The molecule has 1 rings (SSSR count). The van der Waals surface area contributed by atoms with Gasteiger partial charge in [0.1, 0.15) is 12.2 Å². The number of hydrogen-bond acceptors (Lipinski definition) is 5.